The number of carbonyl (C=O) groups excluding carboxylic acids is 1. The highest BCUT2D eigenvalue weighted by Gasteiger charge is 2.34. The summed E-state index contributed by atoms with van der Waals surface area (Å²) in [6, 6.07) is 8.01. The summed E-state index contributed by atoms with van der Waals surface area (Å²) in [7, 11) is 0. The number of amides is 1. The maximum Gasteiger partial charge on any atom is 0.329 e. The summed E-state index contributed by atoms with van der Waals surface area (Å²) in [4.78, 5) is 43.9. The van der Waals surface area contributed by atoms with Crippen LogP contribution in [-0.4, -0.2) is 27.0 Å². The normalized spacial score (nSPS) is 15.6. The molecule has 1 aromatic carbocycles. The number of carbonyl (C=O) groups is 1. The second kappa shape index (κ2) is 9.06. The van der Waals surface area contributed by atoms with Crippen molar-refractivity contribution in [3.63, 3.8) is 0 Å². The van der Waals surface area contributed by atoms with Gasteiger partial charge in [0.1, 0.15) is 11.5 Å². The molecule has 168 valence electrons. The molecule has 1 amide bonds. The molecule has 0 bridgehead atoms. The van der Waals surface area contributed by atoms with Crippen molar-refractivity contribution in [2.75, 3.05) is 6.54 Å². The number of H-pyrrole nitrogens is 1. The second-order valence-corrected chi connectivity index (χ2v) is 8.54. The molecule has 3 aromatic rings. The second-order valence-electron chi connectivity index (χ2n) is 8.54. The van der Waals surface area contributed by atoms with E-state index in [1.54, 1.807) is 12.1 Å². The maximum atomic E-state index is 13.4. The Morgan fingerprint density at radius 2 is 1.91 bits per heavy atom. The molecule has 0 aliphatic heterocycles. The third kappa shape index (κ3) is 4.22. The maximum absolute atomic E-state index is 13.4. The standard InChI is InChI=1S/C24H27FN4O3/c1-2-12-29-20-19(22(31)28-23(29)32)13-16(14-26-20)21(30)27-15-24(10-4-3-5-11-24)17-6-8-18(25)9-7-17/h6-9,13-14H,2-5,10-12,15H2,1H3,(H,27,30)(H,28,31,32). The van der Waals surface area contributed by atoms with E-state index in [1.807, 2.05) is 6.92 Å². The van der Waals surface area contributed by atoms with Crippen molar-refractivity contribution in [2.45, 2.75) is 57.4 Å². The fraction of sp³-hybridized carbons (Fsp3) is 0.417. The summed E-state index contributed by atoms with van der Waals surface area (Å²) >= 11 is 0. The van der Waals surface area contributed by atoms with Crippen LogP contribution in [0.1, 0.15) is 61.4 Å². The number of pyridine rings is 1. The molecule has 7 nitrogen and oxygen atoms in total. The third-order valence-electron chi connectivity index (χ3n) is 6.40. The van der Waals surface area contributed by atoms with E-state index in [4.69, 9.17) is 0 Å². The van der Waals surface area contributed by atoms with Crippen LogP contribution < -0.4 is 16.6 Å². The summed E-state index contributed by atoms with van der Waals surface area (Å²) in [6.45, 7) is 2.76. The van der Waals surface area contributed by atoms with Gasteiger partial charge in [-0.15, -0.1) is 0 Å². The van der Waals surface area contributed by atoms with Crippen molar-refractivity contribution in [1.29, 1.82) is 0 Å². The van der Waals surface area contributed by atoms with E-state index >= 15 is 0 Å². The first-order valence-electron chi connectivity index (χ1n) is 11.1. The first-order chi connectivity index (χ1) is 15.4. The van der Waals surface area contributed by atoms with Gasteiger partial charge in [0.15, 0.2) is 0 Å². The van der Waals surface area contributed by atoms with Crippen molar-refractivity contribution < 1.29 is 9.18 Å². The summed E-state index contributed by atoms with van der Waals surface area (Å²) in [5.74, 6) is -0.614. The Labute approximate surface area is 184 Å². The van der Waals surface area contributed by atoms with Gasteiger partial charge in [-0.2, -0.15) is 0 Å². The number of hydrogen-bond donors (Lipinski definition) is 2. The zero-order valence-electron chi connectivity index (χ0n) is 18.1. The van der Waals surface area contributed by atoms with Gasteiger partial charge in [-0.25, -0.2) is 14.2 Å². The SMILES string of the molecule is CCCn1c(=O)[nH]c(=O)c2cc(C(=O)NCC3(c4ccc(F)cc4)CCCCC3)cnc21. The lowest BCUT2D eigenvalue weighted by molar-refractivity contribution is 0.0936. The zero-order valence-corrected chi connectivity index (χ0v) is 18.1. The highest BCUT2D eigenvalue weighted by molar-refractivity contribution is 5.96. The number of nitrogens with one attached hydrogen (secondary N) is 2. The van der Waals surface area contributed by atoms with Gasteiger partial charge >= 0.3 is 5.69 Å². The third-order valence-corrected chi connectivity index (χ3v) is 6.40. The number of halogens is 1. The Kier molecular flexibility index (Phi) is 6.21. The number of aryl methyl sites for hydroxylation is 1. The smallest absolute Gasteiger partial charge is 0.329 e. The van der Waals surface area contributed by atoms with Crippen LogP contribution in [0.3, 0.4) is 0 Å². The Hall–Kier alpha value is -3.29. The predicted molar refractivity (Wildman–Crippen MR) is 120 cm³/mol. The van der Waals surface area contributed by atoms with Crippen LogP contribution in [0, 0.1) is 5.82 Å². The zero-order chi connectivity index (χ0) is 22.7. The number of benzene rings is 1. The highest BCUT2D eigenvalue weighted by atomic mass is 19.1. The van der Waals surface area contributed by atoms with E-state index in [0.29, 0.717) is 19.5 Å². The van der Waals surface area contributed by atoms with E-state index < -0.39 is 11.2 Å². The molecule has 2 N–H and O–H groups in total. The first-order valence-corrected chi connectivity index (χ1v) is 11.1. The van der Waals surface area contributed by atoms with E-state index in [9.17, 15) is 18.8 Å². The molecule has 0 unspecified atom stereocenters. The lowest BCUT2D eigenvalue weighted by atomic mass is 9.69. The minimum atomic E-state index is -0.561. The molecule has 4 rings (SSSR count). The topological polar surface area (TPSA) is 96.9 Å². The number of aromatic amines is 1. The predicted octanol–water partition coefficient (Wildman–Crippen LogP) is 3.27. The number of rotatable bonds is 6. The van der Waals surface area contributed by atoms with Crippen molar-refractivity contribution in [3.05, 3.63) is 74.3 Å². The summed E-state index contributed by atoms with van der Waals surface area (Å²) in [6.07, 6.45) is 7.18. The average Bonchev–Trinajstić information content (AvgIpc) is 2.81. The van der Waals surface area contributed by atoms with Gasteiger partial charge < -0.3 is 5.32 Å². The highest BCUT2D eigenvalue weighted by Crippen LogP contribution is 2.39. The molecular formula is C24H27FN4O3. The molecule has 1 aliphatic rings. The van der Waals surface area contributed by atoms with E-state index in [2.05, 4.69) is 15.3 Å². The van der Waals surface area contributed by atoms with Gasteiger partial charge in [0.25, 0.3) is 11.5 Å². The lowest BCUT2D eigenvalue weighted by Gasteiger charge is -2.38. The molecule has 8 heteroatoms. The van der Waals surface area contributed by atoms with Crippen molar-refractivity contribution >= 4 is 16.9 Å². The Morgan fingerprint density at radius 3 is 2.59 bits per heavy atom. The minimum absolute atomic E-state index is 0.205. The van der Waals surface area contributed by atoms with Gasteiger partial charge in [-0.3, -0.25) is 19.1 Å². The molecule has 1 fully saturated rings. The van der Waals surface area contributed by atoms with Crippen LogP contribution in [0.2, 0.25) is 0 Å². The summed E-state index contributed by atoms with van der Waals surface area (Å²) < 4.78 is 14.9. The van der Waals surface area contributed by atoms with Crippen LogP contribution >= 0.6 is 0 Å². The molecule has 0 atom stereocenters. The van der Waals surface area contributed by atoms with Crippen LogP contribution in [0.25, 0.3) is 11.0 Å². The first kappa shape index (κ1) is 21.9. The van der Waals surface area contributed by atoms with E-state index in [-0.39, 0.29) is 33.7 Å². The van der Waals surface area contributed by atoms with Crippen LogP contribution in [0.15, 0.2) is 46.1 Å². The van der Waals surface area contributed by atoms with Crippen molar-refractivity contribution in [1.82, 2.24) is 19.9 Å². The van der Waals surface area contributed by atoms with Crippen LogP contribution in [-0.2, 0) is 12.0 Å². The number of aromatic nitrogens is 3. The fourth-order valence-corrected chi connectivity index (χ4v) is 4.67. The Morgan fingerprint density at radius 1 is 1.19 bits per heavy atom. The van der Waals surface area contributed by atoms with Crippen LogP contribution in [0.4, 0.5) is 4.39 Å². The molecule has 32 heavy (non-hydrogen) atoms. The molecule has 0 saturated heterocycles. The molecule has 2 heterocycles. The molecule has 0 radical (unpaired) electrons. The monoisotopic (exact) mass is 438 g/mol. The van der Waals surface area contributed by atoms with Gasteiger partial charge in [-0.1, -0.05) is 38.3 Å². The van der Waals surface area contributed by atoms with E-state index in [1.165, 1.54) is 29.0 Å². The van der Waals surface area contributed by atoms with Crippen molar-refractivity contribution in [3.8, 4) is 0 Å². The number of fused-ring (bicyclic) bond motifs is 1. The molecule has 0 spiro atoms. The van der Waals surface area contributed by atoms with Gasteiger partial charge in [-0.05, 0) is 43.0 Å². The Bertz CT molecular complexity index is 1240. The number of hydrogen-bond acceptors (Lipinski definition) is 4. The molecule has 1 saturated carbocycles. The fourth-order valence-electron chi connectivity index (χ4n) is 4.67. The van der Waals surface area contributed by atoms with Crippen molar-refractivity contribution in [2.24, 2.45) is 0 Å². The molecular weight excluding hydrogens is 411 g/mol. The lowest BCUT2D eigenvalue weighted by Crippen LogP contribution is -2.42. The Balaban J connectivity index is 1.61. The van der Waals surface area contributed by atoms with Crippen LogP contribution in [0.5, 0.6) is 0 Å². The molecule has 2 aromatic heterocycles. The summed E-state index contributed by atoms with van der Waals surface area (Å²) in [5.41, 5.74) is 0.241. The minimum Gasteiger partial charge on any atom is -0.351 e. The summed E-state index contributed by atoms with van der Waals surface area (Å²) in [5, 5.41) is 3.21. The number of nitrogens with zero attached hydrogens (tertiary/aromatic N) is 2. The largest absolute Gasteiger partial charge is 0.351 e. The quantitative estimate of drug-likeness (QED) is 0.617. The average molecular weight is 439 g/mol. The van der Waals surface area contributed by atoms with Gasteiger partial charge in [0.05, 0.1) is 10.9 Å². The van der Waals surface area contributed by atoms with E-state index in [0.717, 1.165) is 37.7 Å². The van der Waals surface area contributed by atoms with Gasteiger partial charge in [0, 0.05) is 24.7 Å². The molecule has 1 aliphatic carbocycles. The van der Waals surface area contributed by atoms with Gasteiger partial charge in [0.2, 0.25) is 0 Å².